The Hall–Kier alpha value is -3.35. The van der Waals surface area contributed by atoms with Gasteiger partial charge in [0.15, 0.2) is 0 Å². The second kappa shape index (κ2) is 11.4. The van der Waals surface area contributed by atoms with Crippen LogP contribution in [0.2, 0.25) is 0 Å². The minimum absolute atomic E-state index is 0.150. The standard InChI is InChI=1S/C30H30O5.CH4O/c1-19-13-29(35-24-10-12-32-18-24)26-7-8-27(26)30(19)21-4-2-3-20(14-21)16-33-23-5-6-25-22(9-11-31)17-34-28(25)15-23;1-2/h2-6,11,13-15,22,24H,7-10,12,16-18H2,1H3;2H,1H3. The lowest BCUT2D eigenvalue weighted by Gasteiger charge is -2.29. The number of aliphatic hydroxyl groups excluding tert-OH is 1. The molecule has 6 nitrogen and oxygen atoms in total. The van der Waals surface area contributed by atoms with Gasteiger partial charge in [-0.15, -0.1) is 0 Å². The van der Waals surface area contributed by atoms with Crippen molar-refractivity contribution < 1.29 is 28.8 Å². The van der Waals surface area contributed by atoms with Gasteiger partial charge < -0.3 is 28.8 Å². The highest BCUT2D eigenvalue weighted by atomic mass is 16.5. The molecular formula is C31H34O6. The molecule has 3 aromatic rings. The summed E-state index contributed by atoms with van der Waals surface area (Å²) in [5.74, 6) is 2.79. The van der Waals surface area contributed by atoms with E-state index in [4.69, 9.17) is 24.1 Å². The molecule has 37 heavy (non-hydrogen) atoms. The van der Waals surface area contributed by atoms with Crippen LogP contribution < -0.4 is 14.2 Å². The smallest absolute Gasteiger partial charge is 0.126 e. The van der Waals surface area contributed by atoms with Crippen molar-refractivity contribution >= 4 is 6.29 Å². The van der Waals surface area contributed by atoms with Gasteiger partial charge in [0.05, 0.1) is 19.8 Å². The molecule has 194 valence electrons. The van der Waals surface area contributed by atoms with Gasteiger partial charge in [0.1, 0.15) is 36.2 Å². The highest BCUT2D eigenvalue weighted by Gasteiger charge is 2.27. The fourth-order valence-electron chi connectivity index (χ4n) is 5.45. The minimum atomic E-state index is 0.150. The van der Waals surface area contributed by atoms with E-state index in [0.29, 0.717) is 26.2 Å². The zero-order chi connectivity index (χ0) is 25.8. The van der Waals surface area contributed by atoms with Gasteiger partial charge in [-0.3, -0.25) is 0 Å². The lowest BCUT2D eigenvalue weighted by Crippen LogP contribution is -2.20. The van der Waals surface area contributed by atoms with Crippen molar-refractivity contribution in [1.29, 1.82) is 0 Å². The third-order valence-corrected chi connectivity index (χ3v) is 7.38. The molecular weight excluding hydrogens is 468 g/mol. The Bertz CT molecular complexity index is 1260. The first-order valence-electron chi connectivity index (χ1n) is 13.0. The summed E-state index contributed by atoms with van der Waals surface area (Å²) in [7, 11) is 1.00. The van der Waals surface area contributed by atoms with Gasteiger partial charge in [-0.05, 0) is 71.3 Å². The van der Waals surface area contributed by atoms with Crippen molar-refractivity contribution in [2.24, 2.45) is 0 Å². The van der Waals surface area contributed by atoms with Crippen LogP contribution in [0.15, 0.2) is 48.5 Å². The van der Waals surface area contributed by atoms with Crippen molar-refractivity contribution in [2.45, 2.75) is 51.2 Å². The molecule has 2 atom stereocenters. The van der Waals surface area contributed by atoms with Crippen LogP contribution in [0.5, 0.6) is 17.2 Å². The van der Waals surface area contributed by atoms with Crippen molar-refractivity contribution in [3.05, 3.63) is 76.3 Å². The van der Waals surface area contributed by atoms with E-state index in [0.717, 1.165) is 67.6 Å². The summed E-state index contributed by atoms with van der Waals surface area (Å²) in [5.41, 5.74) is 8.78. The topological polar surface area (TPSA) is 74.2 Å². The molecule has 0 aromatic heterocycles. The lowest BCUT2D eigenvalue weighted by molar-refractivity contribution is -0.108. The molecule has 1 saturated heterocycles. The fraction of sp³-hybridized carbons (Fsp3) is 0.387. The second-order valence-corrected chi connectivity index (χ2v) is 9.73. The molecule has 0 bridgehead atoms. The van der Waals surface area contributed by atoms with Crippen molar-refractivity contribution in [3.63, 3.8) is 0 Å². The average molecular weight is 503 g/mol. The Labute approximate surface area is 218 Å². The first-order chi connectivity index (χ1) is 18.2. The van der Waals surface area contributed by atoms with Crippen molar-refractivity contribution in [1.82, 2.24) is 0 Å². The van der Waals surface area contributed by atoms with Crippen LogP contribution in [-0.2, 0) is 29.0 Å². The van der Waals surface area contributed by atoms with E-state index < -0.39 is 0 Å². The molecule has 0 saturated carbocycles. The lowest BCUT2D eigenvalue weighted by atomic mass is 9.79. The average Bonchev–Trinajstić information content (AvgIpc) is 3.56. The highest BCUT2D eigenvalue weighted by molar-refractivity contribution is 5.76. The van der Waals surface area contributed by atoms with E-state index in [9.17, 15) is 4.79 Å². The van der Waals surface area contributed by atoms with Gasteiger partial charge in [0.25, 0.3) is 0 Å². The van der Waals surface area contributed by atoms with Crippen LogP contribution in [0.3, 0.4) is 0 Å². The summed E-state index contributed by atoms with van der Waals surface area (Å²) >= 11 is 0. The maximum absolute atomic E-state index is 10.9. The number of fused-ring (bicyclic) bond motifs is 2. The van der Waals surface area contributed by atoms with E-state index >= 15 is 0 Å². The normalized spacial score (nSPS) is 19.0. The Balaban J connectivity index is 0.00000137. The highest BCUT2D eigenvalue weighted by Crippen LogP contribution is 2.43. The molecule has 2 aliphatic heterocycles. The van der Waals surface area contributed by atoms with Gasteiger partial charge >= 0.3 is 0 Å². The number of carbonyl (C=O) groups is 1. The molecule has 2 heterocycles. The quantitative estimate of drug-likeness (QED) is 0.428. The van der Waals surface area contributed by atoms with E-state index in [2.05, 4.69) is 37.3 Å². The summed E-state index contributed by atoms with van der Waals surface area (Å²) < 4.78 is 23.7. The summed E-state index contributed by atoms with van der Waals surface area (Å²) in [5, 5.41) is 7.00. The first-order valence-corrected chi connectivity index (χ1v) is 13.0. The van der Waals surface area contributed by atoms with Crippen LogP contribution in [-0.4, -0.2) is 44.4 Å². The predicted octanol–water partition coefficient (Wildman–Crippen LogP) is 5.18. The number of aliphatic hydroxyl groups is 1. The predicted molar refractivity (Wildman–Crippen MR) is 142 cm³/mol. The number of rotatable bonds is 8. The maximum Gasteiger partial charge on any atom is 0.126 e. The Morgan fingerprint density at radius 2 is 1.92 bits per heavy atom. The summed E-state index contributed by atoms with van der Waals surface area (Å²) in [6, 6.07) is 16.8. The molecule has 6 rings (SSSR count). The van der Waals surface area contributed by atoms with Crippen molar-refractivity contribution in [3.8, 4) is 28.4 Å². The van der Waals surface area contributed by atoms with Crippen LogP contribution >= 0.6 is 0 Å². The van der Waals surface area contributed by atoms with Crippen LogP contribution in [0.25, 0.3) is 11.1 Å². The van der Waals surface area contributed by atoms with E-state index in [1.807, 2.05) is 18.2 Å². The zero-order valence-corrected chi connectivity index (χ0v) is 21.5. The maximum atomic E-state index is 10.9. The number of ether oxygens (including phenoxy) is 4. The molecule has 6 heteroatoms. The third kappa shape index (κ3) is 5.22. The Morgan fingerprint density at radius 1 is 1.05 bits per heavy atom. The van der Waals surface area contributed by atoms with E-state index in [-0.39, 0.29) is 12.0 Å². The molecule has 1 N–H and O–H groups in total. The number of aldehydes is 1. The van der Waals surface area contributed by atoms with Gasteiger partial charge in [-0.25, -0.2) is 0 Å². The molecule has 1 fully saturated rings. The monoisotopic (exact) mass is 502 g/mol. The number of hydrogen-bond acceptors (Lipinski definition) is 6. The zero-order valence-electron chi connectivity index (χ0n) is 21.5. The van der Waals surface area contributed by atoms with Gasteiger partial charge in [-0.1, -0.05) is 24.3 Å². The summed E-state index contributed by atoms with van der Waals surface area (Å²) in [4.78, 5) is 10.9. The number of carbonyl (C=O) groups excluding carboxylic acids is 1. The summed E-state index contributed by atoms with van der Waals surface area (Å²) in [6.07, 6.45) is 4.75. The molecule has 1 aliphatic carbocycles. The van der Waals surface area contributed by atoms with Crippen LogP contribution in [0, 0.1) is 6.92 Å². The third-order valence-electron chi connectivity index (χ3n) is 7.38. The molecule has 2 unspecified atom stereocenters. The largest absolute Gasteiger partial charge is 0.492 e. The number of benzene rings is 3. The summed E-state index contributed by atoms with van der Waals surface area (Å²) in [6.45, 7) is 4.69. The number of aryl methyl sites for hydroxylation is 1. The van der Waals surface area contributed by atoms with E-state index in [1.165, 1.54) is 27.8 Å². The second-order valence-electron chi connectivity index (χ2n) is 9.73. The molecule has 3 aromatic carbocycles. The van der Waals surface area contributed by atoms with Crippen molar-refractivity contribution in [2.75, 3.05) is 26.9 Å². The van der Waals surface area contributed by atoms with Crippen LogP contribution in [0.4, 0.5) is 0 Å². The Morgan fingerprint density at radius 3 is 2.68 bits per heavy atom. The van der Waals surface area contributed by atoms with Gasteiger partial charge in [0, 0.05) is 37.5 Å². The first kappa shape index (κ1) is 25.3. The van der Waals surface area contributed by atoms with E-state index in [1.54, 1.807) is 0 Å². The van der Waals surface area contributed by atoms with Gasteiger partial charge in [-0.2, -0.15) is 0 Å². The fourth-order valence-corrected chi connectivity index (χ4v) is 5.45. The number of hydrogen-bond donors (Lipinski definition) is 1. The van der Waals surface area contributed by atoms with Gasteiger partial charge in [0.2, 0.25) is 0 Å². The molecule has 3 aliphatic rings. The Kier molecular flexibility index (Phi) is 7.77. The SMILES string of the molecule is CO.Cc1cc(OC2CCOC2)c2c(c1-c1cccc(COc3ccc4c(c3)OCC4CC=O)c1)CC2. The van der Waals surface area contributed by atoms with Crippen LogP contribution in [0.1, 0.15) is 46.6 Å². The molecule has 0 amide bonds. The molecule has 0 spiro atoms. The minimum Gasteiger partial charge on any atom is -0.492 e. The molecule has 0 radical (unpaired) electrons.